The van der Waals surface area contributed by atoms with E-state index in [0.29, 0.717) is 6.04 Å². The minimum atomic E-state index is -0.436. The Labute approximate surface area is 104 Å². The lowest BCUT2D eigenvalue weighted by molar-refractivity contribution is 0.0423. The number of nitrogens with zero attached hydrogens (tertiary/aromatic N) is 2. The molecule has 1 fully saturated rings. The Morgan fingerprint density at radius 2 is 2.29 bits per heavy atom. The number of hydrogen-bond acceptors (Lipinski definition) is 4. The molecule has 0 saturated carbocycles. The molecule has 2 aliphatic heterocycles. The molecule has 0 aliphatic carbocycles. The summed E-state index contributed by atoms with van der Waals surface area (Å²) >= 11 is 0. The molecule has 0 amide bonds. The quantitative estimate of drug-likeness (QED) is 0.787. The number of allylic oxidation sites excluding steroid dienone is 1. The summed E-state index contributed by atoms with van der Waals surface area (Å²) in [5, 5.41) is 10.2. The topological polar surface area (TPSA) is 35.9 Å². The summed E-state index contributed by atoms with van der Waals surface area (Å²) < 4.78 is 5.52. The third kappa shape index (κ3) is 3.44. The fourth-order valence-corrected chi connectivity index (χ4v) is 2.54. The van der Waals surface area contributed by atoms with E-state index in [0.717, 1.165) is 51.3 Å². The third-order valence-electron chi connectivity index (χ3n) is 3.77. The van der Waals surface area contributed by atoms with Gasteiger partial charge in [0.05, 0.1) is 6.61 Å². The molecule has 0 bridgehead atoms. The molecule has 4 nitrogen and oxygen atoms in total. The maximum absolute atomic E-state index is 10.2. The van der Waals surface area contributed by atoms with Gasteiger partial charge in [0.2, 0.25) is 0 Å². The van der Waals surface area contributed by atoms with Crippen molar-refractivity contribution in [2.45, 2.75) is 31.4 Å². The van der Waals surface area contributed by atoms with E-state index in [1.165, 1.54) is 0 Å². The van der Waals surface area contributed by atoms with Crippen molar-refractivity contribution in [3.63, 3.8) is 0 Å². The van der Waals surface area contributed by atoms with Crippen molar-refractivity contribution in [2.75, 3.05) is 40.3 Å². The van der Waals surface area contributed by atoms with Crippen molar-refractivity contribution in [1.82, 2.24) is 9.80 Å². The van der Waals surface area contributed by atoms with Gasteiger partial charge in [-0.05, 0) is 39.4 Å². The fourth-order valence-electron chi connectivity index (χ4n) is 2.54. The summed E-state index contributed by atoms with van der Waals surface area (Å²) in [4.78, 5) is 4.67. The molecular weight excluding hydrogens is 216 g/mol. The standard InChI is InChI=1S/C13H24N2O2/c1-14-6-7-15(2)11(10-14)9-12(16)13-5-3-4-8-17-13/h5,11-12,16H,3-4,6-10H2,1-2H3. The van der Waals surface area contributed by atoms with E-state index in [9.17, 15) is 5.11 Å². The van der Waals surface area contributed by atoms with Gasteiger partial charge in [0.25, 0.3) is 0 Å². The first-order valence-electron chi connectivity index (χ1n) is 6.56. The van der Waals surface area contributed by atoms with Crippen LogP contribution in [-0.2, 0) is 4.74 Å². The highest BCUT2D eigenvalue weighted by atomic mass is 16.5. The molecule has 4 heteroatoms. The summed E-state index contributed by atoms with van der Waals surface area (Å²) in [6.07, 6.45) is 4.48. The average molecular weight is 240 g/mol. The molecule has 1 N–H and O–H groups in total. The van der Waals surface area contributed by atoms with E-state index in [1.807, 2.05) is 6.08 Å². The Hall–Kier alpha value is -0.580. The molecule has 2 atom stereocenters. The van der Waals surface area contributed by atoms with Crippen LogP contribution >= 0.6 is 0 Å². The molecule has 2 unspecified atom stereocenters. The van der Waals surface area contributed by atoms with Gasteiger partial charge in [0, 0.05) is 25.7 Å². The van der Waals surface area contributed by atoms with Crippen LogP contribution in [0.25, 0.3) is 0 Å². The van der Waals surface area contributed by atoms with E-state index in [-0.39, 0.29) is 0 Å². The van der Waals surface area contributed by atoms with Crippen LogP contribution in [0.2, 0.25) is 0 Å². The van der Waals surface area contributed by atoms with Crippen molar-refractivity contribution >= 4 is 0 Å². The van der Waals surface area contributed by atoms with Gasteiger partial charge < -0.3 is 19.6 Å². The SMILES string of the molecule is CN1CCN(C)C(CC(O)C2=CCCCO2)C1. The Kier molecular flexibility index (Phi) is 4.42. The summed E-state index contributed by atoms with van der Waals surface area (Å²) in [5.74, 6) is 0.790. The van der Waals surface area contributed by atoms with E-state index in [2.05, 4.69) is 23.9 Å². The molecule has 2 rings (SSSR count). The van der Waals surface area contributed by atoms with Gasteiger partial charge in [-0.3, -0.25) is 0 Å². The molecule has 0 spiro atoms. The van der Waals surface area contributed by atoms with Crippen LogP contribution in [0.5, 0.6) is 0 Å². The van der Waals surface area contributed by atoms with Gasteiger partial charge in [-0.25, -0.2) is 0 Å². The minimum absolute atomic E-state index is 0.426. The largest absolute Gasteiger partial charge is 0.496 e. The van der Waals surface area contributed by atoms with Crippen molar-refractivity contribution in [1.29, 1.82) is 0 Å². The van der Waals surface area contributed by atoms with Gasteiger partial charge in [-0.15, -0.1) is 0 Å². The normalized spacial score (nSPS) is 29.6. The van der Waals surface area contributed by atoms with E-state index in [4.69, 9.17) is 4.74 Å². The molecule has 0 radical (unpaired) electrons. The Morgan fingerprint density at radius 1 is 1.47 bits per heavy atom. The average Bonchev–Trinajstić information content (AvgIpc) is 2.35. The van der Waals surface area contributed by atoms with Crippen LogP contribution in [0.15, 0.2) is 11.8 Å². The lowest BCUT2D eigenvalue weighted by atomic mass is 10.0. The monoisotopic (exact) mass is 240 g/mol. The fraction of sp³-hybridized carbons (Fsp3) is 0.846. The highest BCUT2D eigenvalue weighted by molar-refractivity contribution is 5.03. The van der Waals surface area contributed by atoms with Gasteiger partial charge in [-0.2, -0.15) is 0 Å². The predicted molar refractivity (Wildman–Crippen MR) is 67.8 cm³/mol. The minimum Gasteiger partial charge on any atom is -0.496 e. The summed E-state index contributed by atoms with van der Waals surface area (Å²) in [6.45, 7) is 3.97. The van der Waals surface area contributed by atoms with Crippen molar-refractivity contribution in [2.24, 2.45) is 0 Å². The Morgan fingerprint density at radius 3 is 3.00 bits per heavy atom. The maximum atomic E-state index is 10.2. The molecule has 2 heterocycles. The zero-order valence-corrected chi connectivity index (χ0v) is 10.9. The zero-order chi connectivity index (χ0) is 12.3. The second kappa shape index (κ2) is 5.85. The van der Waals surface area contributed by atoms with E-state index >= 15 is 0 Å². The van der Waals surface area contributed by atoms with Crippen molar-refractivity contribution in [3.05, 3.63) is 11.8 Å². The number of hydrogen-bond donors (Lipinski definition) is 1. The first-order chi connectivity index (χ1) is 8.16. The first kappa shape index (κ1) is 12.9. The molecule has 2 aliphatic rings. The van der Waals surface area contributed by atoms with E-state index in [1.54, 1.807) is 0 Å². The van der Waals surface area contributed by atoms with Crippen LogP contribution < -0.4 is 0 Å². The van der Waals surface area contributed by atoms with Crippen molar-refractivity contribution < 1.29 is 9.84 Å². The number of ether oxygens (including phenoxy) is 1. The van der Waals surface area contributed by atoms with Crippen LogP contribution in [0.3, 0.4) is 0 Å². The summed E-state index contributed by atoms with van der Waals surface area (Å²) in [7, 11) is 4.28. The predicted octanol–water partition coefficient (Wildman–Crippen LogP) is 0.677. The number of rotatable bonds is 3. The Balaban J connectivity index is 1.88. The van der Waals surface area contributed by atoms with Crippen LogP contribution in [0.4, 0.5) is 0 Å². The molecule has 98 valence electrons. The third-order valence-corrected chi connectivity index (χ3v) is 3.77. The second-order valence-electron chi connectivity index (χ2n) is 5.25. The van der Waals surface area contributed by atoms with Gasteiger partial charge in [0.15, 0.2) is 0 Å². The smallest absolute Gasteiger partial charge is 0.121 e. The highest BCUT2D eigenvalue weighted by Crippen LogP contribution is 2.20. The number of piperazine rings is 1. The van der Waals surface area contributed by atoms with E-state index < -0.39 is 6.10 Å². The lowest BCUT2D eigenvalue weighted by Gasteiger charge is -2.38. The van der Waals surface area contributed by atoms with Crippen LogP contribution in [0.1, 0.15) is 19.3 Å². The first-order valence-corrected chi connectivity index (χ1v) is 6.56. The molecule has 0 aromatic heterocycles. The number of likely N-dealkylation sites (N-methyl/N-ethyl adjacent to an activating group) is 2. The zero-order valence-electron chi connectivity index (χ0n) is 10.9. The molecule has 0 aromatic carbocycles. The highest BCUT2D eigenvalue weighted by Gasteiger charge is 2.26. The van der Waals surface area contributed by atoms with Gasteiger partial charge >= 0.3 is 0 Å². The van der Waals surface area contributed by atoms with Gasteiger partial charge in [-0.1, -0.05) is 0 Å². The molecule has 0 aromatic rings. The van der Waals surface area contributed by atoms with Gasteiger partial charge in [0.1, 0.15) is 11.9 Å². The molecular formula is C13H24N2O2. The molecule has 1 saturated heterocycles. The maximum Gasteiger partial charge on any atom is 0.121 e. The number of aliphatic hydroxyl groups excluding tert-OH is 1. The lowest BCUT2D eigenvalue weighted by Crippen LogP contribution is -2.51. The van der Waals surface area contributed by atoms with Crippen LogP contribution in [-0.4, -0.2) is 67.4 Å². The van der Waals surface area contributed by atoms with Crippen LogP contribution in [0, 0.1) is 0 Å². The summed E-state index contributed by atoms with van der Waals surface area (Å²) in [6, 6.07) is 0.426. The number of aliphatic hydroxyl groups is 1. The van der Waals surface area contributed by atoms with Crippen molar-refractivity contribution in [3.8, 4) is 0 Å². The Bertz CT molecular complexity index is 281. The summed E-state index contributed by atoms with van der Waals surface area (Å²) in [5.41, 5.74) is 0. The second-order valence-corrected chi connectivity index (χ2v) is 5.25. The molecule has 17 heavy (non-hydrogen) atoms.